The molecule has 4 nitrogen and oxygen atoms in total. The lowest BCUT2D eigenvalue weighted by Crippen LogP contribution is -2.08. The molecule has 1 aliphatic rings. The summed E-state index contributed by atoms with van der Waals surface area (Å²) < 4.78 is 2.23. The summed E-state index contributed by atoms with van der Waals surface area (Å²) >= 11 is 0. The number of fused-ring (bicyclic) bond motifs is 1. The molecule has 0 saturated heterocycles. The second-order valence-corrected chi connectivity index (χ2v) is 4.74. The van der Waals surface area contributed by atoms with E-state index in [1.54, 1.807) is 0 Å². The average molecular weight is 242 g/mol. The zero-order valence-electron chi connectivity index (χ0n) is 10.5. The van der Waals surface area contributed by atoms with Crippen molar-refractivity contribution < 1.29 is 0 Å². The molecule has 94 valence electrons. The van der Waals surface area contributed by atoms with Gasteiger partial charge in [-0.25, -0.2) is 0 Å². The Labute approximate surface area is 107 Å². The highest BCUT2D eigenvalue weighted by molar-refractivity contribution is 5.29. The van der Waals surface area contributed by atoms with E-state index in [9.17, 15) is 0 Å². The maximum Gasteiger partial charge on any atom is 0.224 e. The van der Waals surface area contributed by atoms with Crippen molar-refractivity contribution in [3.8, 4) is 0 Å². The lowest BCUT2D eigenvalue weighted by molar-refractivity contribution is 0.635. The van der Waals surface area contributed by atoms with Gasteiger partial charge < -0.3 is 5.32 Å². The summed E-state index contributed by atoms with van der Waals surface area (Å²) in [4.78, 5) is 0. The van der Waals surface area contributed by atoms with Gasteiger partial charge in [0.2, 0.25) is 5.95 Å². The Morgan fingerprint density at radius 3 is 2.83 bits per heavy atom. The molecule has 1 aliphatic heterocycles. The molecule has 0 unspecified atom stereocenters. The second-order valence-electron chi connectivity index (χ2n) is 4.74. The molecule has 1 aromatic carbocycles. The summed E-state index contributed by atoms with van der Waals surface area (Å²) in [6.45, 7) is 1.85. The monoisotopic (exact) mass is 242 g/mol. The Morgan fingerprint density at radius 2 is 1.94 bits per heavy atom. The van der Waals surface area contributed by atoms with Gasteiger partial charge in [-0.3, -0.25) is 4.57 Å². The topological polar surface area (TPSA) is 42.7 Å². The van der Waals surface area contributed by atoms with Gasteiger partial charge in [0.25, 0.3) is 0 Å². The van der Waals surface area contributed by atoms with Crippen LogP contribution in [0.5, 0.6) is 0 Å². The molecule has 0 atom stereocenters. The van der Waals surface area contributed by atoms with Crippen LogP contribution in [0.3, 0.4) is 0 Å². The Morgan fingerprint density at radius 1 is 1.06 bits per heavy atom. The van der Waals surface area contributed by atoms with Crippen molar-refractivity contribution in [1.29, 1.82) is 0 Å². The highest BCUT2D eigenvalue weighted by Gasteiger charge is 2.13. The van der Waals surface area contributed by atoms with E-state index in [4.69, 9.17) is 0 Å². The minimum Gasteiger partial charge on any atom is -0.350 e. The van der Waals surface area contributed by atoms with E-state index in [-0.39, 0.29) is 0 Å². The van der Waals surface area contributed by atoms with Crippen molar-refractivity contribution in [3.63, 3.8) is 0 Å². The maximum absolute atomic E-state index is 4.28. The highest BCUT2D eigenvalue weighted by Crippen LogP contribution is 2.17. The third-order valence-corrected chi connectivity index (χ3v) is 3.40. The van der Waals surface area contributed by atoms with Gasteiger partial charge in [0.1, 0.15) is 5.82 Å². The van der Waals surface area contributed by atoms with Crippen molar-refractivity contribution in [2.24, 2.45) is 0 Å². The second kappa shape index (κ2) is 5.21. The minimum absolute atomic E-state index is 0.805. The molecular weight excluding hydrogens is 224 g/mol. The molecule has 2 heterocycles. The lowest BCUT2D eigenvalue weighted by Gasteiger charge is -2.08. The molecule has 18 heavy (non-hydrogen) atoms. The molecule has 0 radical (unpaired) electrons. The zero-order valence-corrected chi connectivity index (χ0v) is 10.5. The maximum atomic E-state index is 4.28. The standard InChI is InChI=1S/C14H18N4/c1-3-7-12(8-4-1)11-15-14-17-16-13-9-5-2-6-10-18(13)14/h1,3-4,7-8H,2,5-6,9-11H2,(H,15,17). The van der Waals surface area contributed by atoms with Crippen molar-refractivity contribution in [1.82, 2.24) is 14.8 Å². The molecule has 4 heteroatoms. The number of anilines is 1. The van der Waals surface area contributed by atoms with Gasteiger partial charge in [-0.15, -0.1) is 10.2 Å². The number of aromatic nitrogens is 3. The van der Waals surface area contributed by atoms with Gasteiger partial charge in [0, 0.05) is 19.5 Å². The van der Waals surface area contributed by atoms with Crippen molar-refractivity contribution in [2.45, 2.75) is 38.8 Å². The first-order valence-corrected chi connectivity index (χ1v) is 6.63. The molecule has 0 fully saturated rings. The van der Waals surface area contributed by atoms with Crippen molar-refractivity contribution >= 4 is 5.95 Å². The Kier molecular flexibility index (Phi) is 3.26. The van der Waals surface area contributed by atoms with E-state index in [2.05, 4.69) is 44.3 Å². The summed E-state index contributed by atoms with van der Waals surface area (Å²) in [5, 5.41) is 11.9. The smallest absolute Gasteiger partial charge is 0.224 e. The number of hydrogen-bond donors (Lipinski definition) is 1. The van der Waals surface area contributed by atoms with E-state index in [1.165, 1.54) is 24.8 Å². The number of rotatable bonds is 3. The summed E-state index contributed by atoms with van der Waals surface area (Å²) in [6.07, 6.45) is 4.81. The Balaban J connectivity index is 1.72. The van der Waals surface area contributed by atoms with Gasteiger partial charge in [0.15, 0.2) is 0 Å². The summed E-state index contributed by atoms with van der Waals surface area (Å²) in [7, 11) is 0. The molecule has 0 aliphatic carbocycles. The minimum atomic E-state index is 0.805. The van der Waals surface area contributed by atoms with Crippen LogP contribution in [0.1, 0.15) is 30.7 Å². The van der Waals surface area contributed by atoms with Crippen molar-refractivity contribution in [2.75, 3.05) is 5.32 Å². The summed E-state index contributed by atoms with van der Waals surface area (Å²) in [5.41, 5.74) is 1.27. The quantitative estimate of drug-likeness (QED) is 0.899. The largest absolute Gasteiger partial charge is 0.350 e. The van der Waals surface area contributed by atoms with Crippen LogP contribution in [-0.2, 0) is 19.5 Å². The van der Waals surface area contributed by atoms with E-state index >= 15 is 0 Å². The van der Waals surface area contributed by atoms with Crippen LogP contribution in [0.2, 0.25) is 0 Å². The number of nitrogens with one attached hydrogen (secondary N) is 1. The number of nitrogens with zero attached hydrogens (tertiary/aromatic N) is 3. The lowest BCUT2D eigenvalue weighted by atomic mass is 10.2. The fourth-order valence-electron chi connectivity index (χ4n) is 2.39. The molecule has 0 bridgehead atoms. The number of benzene rings is 1. The molecule has 0 amide bonds. The Bertz CT molecular complexity index is 504. The molecule has 0 spiro atoms. The van der Waals surface area contributed by atoms with E-state index in [1.807, 2.05) is 6.07 Å². The zero-order chi connectivity index (χ0) is 12.2. The highest BCUT2D eigenvalue weighted by atomic mass is 15.3. The van der Waals surface area contributed by atoms with Crippen LogP contribution in [-0.4, -0.2) is 14.8 Å². The molecule has 1 aromatic heterocycles. The Hall–Kier alpha value is -1.84. The van der Waals surface area contributed by atoms with Gasteiger partial charge in [-0.2, -0.15) is 0 Å². The van der Waals surface area contributed by atoms with Gasteiger partial charge in [0.05, 0.1) is 0 Å². The van der Waals surface area contributed by atoms with Crippen LogP contribution < -0.4 is 5.32 Å². The normalized spacial score (nSPS) is 14.9. The summed E-state index contributed by atoms with van der Waals surface area (Å²) in [5.74, 6) is 2.04. The fraction of sp³-hybridized carbons (Fsp3) is 0.429. The first-order chi connectivity index (χ1) is 8.93. The average Bonchev–Trinajstić information content (AvgIpc) is 2.65. The van der Waals surface area contributed by atoms with E-state index in [0.717, 1.165) is 31.3 Å². The molecule has 3 rings (SSSR count). The third-order valence-electron chi connectivity index (χ3n) is 3.40. The first-order valence-electron chi connectivity index (χ1n) is 6.63. The van der Waals surface area contributed by atoms with Gasteiger partial charge in [-0.05, 0) is 18.4 Å². The molecule has 1 N–H and O–H groups in total. The van der Waals surface area contributed by atoms with Crippen LogP contribution in [0.4, 0.5) is 5.95 Å². The molecular formula is C14H18N4. The predicted octanol–water partition coefficient (Wildman–Crippen LogP) is 2.62. The van der Waals surface area contributed by atoms with E-state index in [0.29, 0.717) is 0 Å². The summed E-state index contributed by atoms with van der Waals surface area (Å²) in [6, 6.07) is 10.4. The first kappa shape index (κ1) is 11.3. The van der Waals surface area contributed by atoms with Crippen molar-refractivity contribution in [3.05, 3.63) is 41.7 Å². The number of hydrogen-bond acceptors (Lipinski definition) is 3. The van der Waals surface area contributed by atoms with Crippen LogP contribution in [0, 0.1) is 0 Å². The fourth-order valence-corrected chi connectivity index (χ4v) is 2.39. The van der Waals surface area contributed by atoms with Crippen LogP contribution in [0.25, 0.3) is 0 Å². The number of aryl methyl sites for hydroxylation is 1. The molecule has 0 saturated carbocycles. The molecule has 2 aromatic rings. The van der Waals surface area contributed by atoms with Crippen LogP contribution >= 0.6 is 0 Å². The SMILES string of the molecule is c1ccc(CNc2nnc3n2CCCCC3)cc1. The van der Waals surface area contributed by atoms with Gasteiger partial charge in [-0.1, -0.05) is 36.8 Å². The van der Waals surface area contributed by atoms with E-state index < -0.39 is 0 Å². The van der Waals surface area contributed by atoms with Crippen LogP contribution in [0.15, 0.2) is 30.3 Å². The van der Waals surface area contributed by atoms with Gasteiger partial charge >= 0.3 is 0 Å². The predicted molar refractivity (Wildman–Crippen MR) is 71.3 cm³/mol. The third kappa shape index (κ3) is 2.37.